The van der Waals surface area contributed by atoms with Crippen molar-refractivity contribution in [3.63, 3.8) is 0 Å². The van der Waals surface area contributed by atoms with Gasteiger partial charge in [-0.1, -0.05) is 23.2 Å². The average molecular weight is 322 g/mol. The van der Waals surface area contributed by atoms with E-state index in [1.54, 1.807) is 0 Å². The van der Waals surface area contributed by atoms with Crippen LogP contribution in [-0.2, 0) is 9.53 Å². The van der Waals surface area contributed by atoms with Gasteiger partial charge in [0.25, 0.3) is 5.91 Å². The maximum Gasteiger partial charge on any atom is 0.335 e. The molecule has 1 aromatic carbocycles. The van der Waals surface area contributed by atoms with Crippen LogP contribution in [0.15, 0.2) is 12.1 Å². The van der Waals surface area contributed by atoms with Gasteiger partial charge < -0.3 is 19.9 Å². The minimum atomic E-state index is -1.15. The number of carbonyl (C=O) groups excluding carboxylic acids is 1. The molecule has 0 saturated heterocycles. The van der Waals surface area contributed by atoms with Gasteiger partial charge in [-0.3, -0.25) is 4.79 Å². The van der Waals surface area contributed by atoms with E-state index in [9.17, 15) is 9.59 Å². The second kappa shape index (κ2) is 7.94. The molecule has 110 valence electrons. The number of methoxy groups -OCH3 is 1. The summed E-state index contributed by atoms with van der Waals surface area (Å²) in [6, 6.07) is 2.40. The van der Waals surface area contributed by atoms with E-state index in [1.807, 2.05) is 0 Å². The topological polar surface area (TPSA) is 84.9 Å². The molecule has 8 heteroatoms. The largest absolute Gasteiger partial charge is 0.481 e. The molecule has 0 radical (unpaired) electrons. The van der Waals surface area contributed by atoms with Gasteiger partial charge in [-0.25, -0.2) is 4.79 Å². The van der Waals surface area contributed by atoms with E-state index in [0.29, 0.717) is 13.2 Å². The van der Waals surface area contributed by atoms with Crippen molar-refractivity contribution in [2.75, 3.05) is 26.9 Å². The Kier molecular flexibility index (Phi) is 6.57. The first kappa shape index (κ1) is 16.6. The standard InChI is InChI=1S/C12H13Cl2NO5/c1-19-3-2-15-10(16)6-20-11-8(13)4-7(12(17)18)5-9(11)14/h4-5H,2-3,6H2,1H3,(H,15,16)(H,17,18). The van der Waals surface area contributed by atoms with Gasteiger partial charge in [-0.15, -0.1) is 0 Å². The van der Waals surface area contributed by atoms with E-state index in [2.05, 4.69) is 5.32 Å². The predicted molar refractivity (Wildman–Crippen MR) is 73.8 cm³/mol. The molecule has 0 aliphatic rings. The number of hydrogen-bond acceptors (Lipinski definition) is 4. The van der Waals surface area contributed by atoms with Crippen LogP contribution in [0.4, 0.5) is 0 Å². The molecule has 0 aliphatic heterocycles. The molecule has 1 rings (SSSR count). The van der Waals surface area contributed by atoms with Crippen LogP contribution in [0.5, 0.6) is 5.75 Å². The normalized spacial score (nSPS) is 10.2. The Hall–Kier alpha value is -1.50. The zero-order valence-electron chi connectivity index (χ0n) is 10.6. The van der Waals surface area contributed by atoms with Gasteiger partial charge in [-0.2, -0.15) is 0 Å². The van der Waals surface area contributed by atoms with Gasteiger partial charge in [-0.05, 0) is 12.1 Å². The smallest absolute Gasteiger partial charge is 0.335 e. The lowest BCUT2D eigenvalue weighted by Gasteiger charge is -2.11. The minimum Gasteiger partial charge on any atom is -0.481 e. The molecular weight excluding hydrogens is 309 g/mol. The molecule has 0 aromatic heterocycles. The third kappa shape index (κ3) is 4.88. The second-order valence-corrected chi connectivity index (χ2v) is 4.52. The lowest BCUT2D eigenvalue weighted by molar-refractivity contribution is -0.123. The quantitative estimate of drug-likeness (QED) is 0.748. The molecular formula is C12H13Cl2NO5. The SMILES string of the molecule is COCCNC(=O)COc1c(Cl)cc(C(=O)O)cc1Cl. The number of rotatable bonds is 7. The Labute approximate surface area is 125 Å². The van der Waals surface area contributed by atoms with Crippen LogP contribution >= 0.6 is 23.2 Å². The molecule has 0 saturated carbocycles. The Morgan fingerprint density at radius 2 is 1.90 bits per heavy atom. The molecule has 0 atom stereocenters. The maximum absolute atomic E-state index is 11.4. The van der Waals surface area contributed by atoms with Crippen molar-refractivity contribution in [1.29, 1.82) is 0 Å². The highest BCUT2D eigenvalue weighted by molar-refractivity contribution is 6.37. The number of carboxylic acids is 1. The number of amides is 1. The van der Waals surface area contributed by atoms with Crippen LogP contribution < -0.4 is 10.1 Å². The van der Waals surface area contributed by atoms with Crippen LogP contribution in [0.2, 0.25) is 10.0 Å². The average Bonchev–Trinajstić information content (AvgIpc) is 2.37. The molecule has 2 N–H and O–H groups in total. The summed E-state index contributed by atoms with van der Waals surface area (Å²) in [5, 5.41) is 11.4. The van der Waals surface area contributed by atoms with E-state index in [1.165, 1.54) is 19.2 Å². The van der Waals surface area contributed by atoms with Crippen molar-refractivity contribution in [2.24, 2.45) is 0 Å². The van der Waals surface area contributed by atoms with Crippen molar-refractivity contribution >= 4 is 35.1 Å². The Morgan fingerprint density at radius 1 is 1.30 bits per heavy atom. The van der Waals surface area contributed by atoms with Crippen molar-refractivity contribution in [3.05, 3.63) is 27.7 Å². The van der Waals surface area contributed by atoms with Crippen molar-refractivity contribution in [1.82, 2.24) is 5.32 Å². The summed E-state index contributed by atoms with van der Waals surface area (Å²) >= 11 is 11.7. The van der Waals surface area contributed by atoms with Crippen LogP contribution in [0, 0.1) is 0 Å². The highest BCUT2D eigenvalue weighted by Crippen LogP contribution is 2.34. The molecule has 1 aromatic rings. The summed E-state index contributed by atoms with van der Waals surface area (Å²) in [5.74, 6) is -1.45. The molecule has 1 amide bonds. The highest BCUT2D eigenvalue weighted by Gasteiger charge is 2.14. The van der Waals surface area contributed by atoms with E-state index >= 15 is 0 Å². The zero-order chi connectivity index (χ0) is 15.1. The Morgan fingerprint density at radius 3 is 2.40 bits per heavy atom. The second-order valence-electron chi connectivity index (χ2n) is 3.71. The highest BCUT2D eigenvalue weighted by atomic mass is 35.5. The molecule has 20 heavy (non-hydrogen) atoms. The summed E-state index contributed by atoms with van der Waals surface area (Å²) < 4.78 is 9.96. The lowest BCUT2D eigenvalue weighted by Crippen LogP contribution is -2.31. The summed E-state index contributed by atoms with van der Waals surface area (Å²) in [5.41, 5.74) is -0.0584. The summed E-state index contributed by atoms with van der Waals surface area (Å²) in [6.07, 6.45) is 0. The fourth-order valence-corrected chi connectivity index (χ4v) is 1.90. The Balaban J connectivity index is 2.64. The number of carbonyl (C=O) groups is 2. The molecule has 0 bridgehead atoms. The van der Waals surface area contributed by atoms with E-state index in [4.69, 9.17) is 37.8 Å². The number of ether oxygens (including phenoxy) is 2. The first-order valence-electron chi connectivity index (χ1n) is 5.56. The first-order chi connectivity index (χ1) is 9.45. The van der Waals surface area contributed by atoms with Gasteiger partial charge in [0.15, 0.2) is 12.4 Å². The number of halogens is 2. The molecule has 0 fully saturated rings. The van der Waals surface area contributed by atoms with Gasteiger partial charge in [0.05, 0.1) is 22.2 Å². The molecule has 0 heterocycles. The fraction of sp³-hybridized carbons (Fsp3) is 0.333. The summed E-state index contributed by atoms with van der Waals surface area (Å²) in [4.78, 5) is 22.2. The monoisotopic (exact) mass is 321 g/mol. The van der Waals surface area contributed by atoms with Crippen LogP contribution in [-0.4, -0.2) is 43.9 Å². The minimum absolute atomic E-state index is 0.0274. The molecule has 0 spiro atoms. The van der Waals surface area contributed by atoms with Crippen molar-refractivity contribution in [2.45, 2.75) is 0 Å². The number of benzene rings is 1. The first-order valence-corrected chi connectivity index (χ1v) is 6.32. The van der Waals surface area contributed by atoms with Crippen molar-refractivity contribution < 1.29 is 24.2 Å². The molecule has 6 nitrogen and oxygen atoms in total. The van der Waals surface area contributed by atoms with Gasteiger partial charge in [0.2, 0.25) is 0 Å². The summed E-state index contributed by atoms with van der Waals surface area (Å²) in [7, 11) is 1.52. The number of nitrogens with one attached hydrogen (secondary N) is 1. The van der Waals surface area contributed by atoms with Crippen molar-refractivity contribution in [3.8, 4) is 5.75 Å². The van der Waals surface area contributed by atoms with E-state index in [0.717, 1.165) is 0 Å². The molecule has 0 aliphatic carbocycles. The maximum atomic E-state index is 11.4. The third-order valence-electron chi connectivity index (χ3n) is 2.22. The van der Waals surface area contributed by atoms with Crippen LogP contribution in [0.3, 0.4) is 0 Å². The lowest BCUT2D eigenvalue weighted by atomic mass is 10.2. The zero-order valence-corrected chi connectivity index (χ0v) is 12.1. The number of hydrogen-bond donors (Lipinski definition) is 2. The van der Waals surface area contributed by atoms with E-state index < -0.39 is 5.97 Å². The fourth-order valence-electron chi connectivity index (χ4n) is 1.30. The van der Waals surface area contributed by atoms with Crippen LogP contribution in [0.1, 0.15) is 10.4 Å². The summed E-state index contributed by atoms with van der Waals surface area (Å²) in [6.45, 7) is 0.467. The van der Waals surface area contributed by atoms with Gasteiger partial charge in [0.1, 0.15) is 0 Å². The third-order valence-corrected chi connectivity index (χ3v) is 2.78. The van der Waals surface area contributed by atoms with E-state index in [-0.39, 0.29) is 33.9 Å². The number of aromatic carboxylic acids is 1. The predicted octanol–water partition coefficient (Wildman–Crippen LogP) is 1.83. The number of carboxylic acid groups (broad SMARTS) is 1. The van der Waals surface area contributed by atoms with Crippen LogP contribution in [0.25, 0.3) is 0 Å². The molecule has 0 unspecified atom stereocenters. The Bertz CT molecular complexity index is 484. The van der Waals surface area contributed by atoms with Gasteiger partial charge in [0, 0.05) is 13.7 Å². The van der Waals surface area contributed by atoms with Gasteiger partial charge >= 0.3 is 5.97 Å².